The molecule has 7 heteroatoms. The summed E-state index contributed by atoms with van der Waals surface area (Å²) in [6.07, 6.45) is 5.90. The van der Waals surface area contributed by atoms with Crippen LogP contribution in [0.15, 0.2) is 48.7 Å². The molecule has 1 aliphatic rings. The molecule has 0 aliphatic carbocycles. The Morgan fingerprint density at radius 3 is 2.83 bits per heavy atom. The van der Waals surface area contributed by atoms with Gasteiger partial charge in [-0.05, 0) is 61.4 Å². The van der Waals surface area contributed by atoms with Gasteiger partial charge in [0.2, 0.25) is 5.91 Å². The van der Waals surface area contributed by atoms with Gasteiger partial charge < -0.3 is 10.2 Å². The molecule has 1 aliphatic heterocycles. The number of hydrogen-bond donors (Lipinski definition) is 1. The van der Waals surface area contributed by atoms with Crippen LogP contribution in [0.3, 0.4) is 0 Å². The van der Waals surface area contributed by atoms with Crippen molar-refractivity contribution in [2.45, 2.75) is 32.6 Å². The van der Waals surface area contributed by atoms with Crippen LogP contribution >= 0.6 is 11.3 Å². The maximum atomic E-state index is 13.1. The van der Waals surface area contributed by atoms with E-state index in [1.165, 1.54) is 23.5 Å². The highest BCUT2D eigenvalue weighted by atomic mass is 32.1. The molecule has 5 nitrogen and oxygen atoms in total. The van der Waals surface area contributed by atoms with Gasteiger partial charge in [0, 0.05) is 31.9 Å². The molecule has 30 heavy (non-hydrogen) atoms. The summed E-state index contributed by atoms with van der Waals surface area (Å²) in [7, 11) is 0. The third-order valence-corrected chi connectivity index (χ3v) is 6.43. The van der Waals surface area contributed by atoms with Gasteiger partial charge in [-0.1, -0.05) is 29.5 Å². The number of amides is 1. The maximum absolute atomic E-state index is 13.1. The van der Waals surface area contributed by atoms with Crippen molar-refractivity contribution in [2.75, 3.05) is 18.4 Å². The highest BCUT2D eigenvalue weighted by Crippen LogP contribution is 2.30. The molecule has 1 fully saturated rings. The van der Waals surface area contributed by atoms with E-state index < -0.39 is 0 Å². The molecule has 2 aromatic heterocycles. The van der Waals surface area contributed by atoms with Crippen LogP contribution in [0, 0.1) is 11.7 Å². The maximum Gasteiger partial charge on any atom is 0.219 e. The van der Waals surface area contributed by atoms with Crippen molar-refractivity contribution in [3.63, 3.8) is 0 Å². The van der Waals surface area contributed by atoms with Crippen molar-refractivity contribution in [3.05, 3.63) is 60.2 Å². The Labute approximate surface area is 180 Å². The minimum absolute atomic E-state index is 0.170. The first kappa shape index (κ1) is 20.5. The Bertz CT molecular complexity index is 1000. The number of nitrogens with one attached hydrogen (secondary N) is 1. The van der Waals surface area contributed by atoms with Gasteiger partial charge in [0.1, 0.15) is 11.6 Å². The van der Waals surface area contributed by atoms with Crippen LogP contribution in [-0.4, -0.2) is 33.9 Å². The van der Waals surface area contributed by atoms with Gasteiger partial charge >= 0.3 is 0 Å². The van der Waals surface area contributed by atoms with Crippen LogP contribution < -0.4 is 5.32 Å². The summed E-state index contributed by atoms with van der Waals surface area (Å²) in [6.45, 7) is 3.35. The number of rotatable bonds is 5. The zero-order valence-electron chi connectivity index (χ0n) is 17.0. The van der Waals surface area contributed by atoms with E-state index >= 15 is 0 Å². The van der Waals surface area contributed by atoms with E-state index in [-0.39, 0.29) is 11.7 Å². The summed E-state index contributed by atoms with van der Waals surface area (Å²) < 4.78 is 13.1. The van der Waals surface area contributed by atoms with Gasteiger partial charge in [-0.25, -0.2) is 14.4 Å². The molecule has 0 spiro atoms. The molecule has 1 atom stereocenters. The SMILES string of the molecule is CC(=O)N1CCC[C@H](Cc2cccc(Nc3ncc(-c4ccc(F)cc4)s3)n2)CC1. The van der Waals surface area contributed by atoms with Crippen molar-refractivity contribution in [3.8, 4) is 10.4 Å². The largest absolute Gasteiger partial charge is 0.343 e. The minimum Gasteiger partial charge on any atom is -0.343 e. The number of pyridine rings is 1. The lowest BCUT2D eigenvalue weighted by atomic mass is 9.95. The predicted molar refractivity (Wildman–Crippen MR) is 118 cm³/mol. The Morgan fingerprint density at radius 2 is 2.03 bits per heavy atom. The van der Waals surface area contributed by atoms with Crippen LogP contribution in [0.5, 0.6) is 0 Å². The lowest BCUT2D eigenvalue weighted by molar-refractivity contribution is -0.128. The number of aromatic nitrogens is 2. The molecule has 156 valence electrons. The van der Waals surface area contributed by atoms with E-state index in [1.807, 2.05) is 17.0 Å². The third kappa shape index (κ3) is 5.21. The van der Waals surface area contributed by atoms with E-state index in [4.69, 9.17) is 4.98 Å². The summed E-state index contributed by atoms with van der Waals surface area (Å²) in [4.78, 5) is 23.7. The Morgan fingerprint density at radius 1 is 1.20 bits per heavy atom. The van der Waals surface area contributed by atoms with Crippen molar-refractivity contribution < 1.29 is 9.18 Å². The molecular formula is C23H25FN4OS. The lowest BCUT2D eigenvalue weighted by Crippen LogP contribution is -2.29. The van der Waals surface area contributed by atoms with Crippen LogP contribution in [0.4, 0.5) is 15.3 Å². The molecule has 0 saturated carbocycles. The van der Waals surface area contributed by atoms with E-state index in [0.717, 1.165) is 65.9 Å². The molecule has 1 saturated heterocycles. The molecule has 1 aromatic carbocycles. The minimum atomic E-state index is -0.245. The summed E-state index contributed by atoms with van der Waals surface area (Å²) in [5, 5.41) is 4.04. The second-order valence-corrected chi connectivity index (χ2v) is 8.71. The van der Waals surface area contributed by atoms with Crippen LogP contribution in [-0.2, 0) is 11.2 Å². The molecule has 3 heterocycles. The van der Waals surface area contributed by atoms with E-state index in [0.29, 0.717) is 5.92 Å². The number of hydrogen-bond acceptors (Lipinski definition) is 5. The predicted octanol–water partition coefficient (Wildman–Crippen LogP) is 5.28. The van der Waals surface area contributed by atoms with Gasteiger partial charge in [0.25, 0.3) is 0 Å². The van der Waals surface area contributed by atoms with Crippen molar-refractivity contribution in [1.82, 2.24) is 14.9 Å². The monoisotopic (exact) mass is 424 g/mol. The number of carbonyl (C=O) groups excluding carboxylic acids is 1. The molecule has 3 aromatic rings. The molecule has 0 unspecified atom stereocenters. The van der Waals surface area contributed by atoms with Crippen molar-refractivity contribution in [2.24, 2.45) is 5.92 Å². The van der Waals surface area contributed by atoms with Gasteiger partial charge in [0.15, 0.2) is 5.13 Å². The molecule has 1 amide bonds. The zero-order valence-corrected chi connectivity index (χ0v) is 17.8. The van der Waals surface area contributed by atoms with E-state index in [9.17, 15) is 9.18 Å². The van der Waals surface area contributed by atoms with Gasteiger partial charge in [0.05, 0.1) is 4.88 Å². The molecular weight excluding hydrogens is 399 g/mol. The van der Waals surface area contributed by atoms with Crippen molar-refractivity contribution in [1.29, 1.82) is 0 Å². The molecule has 0 bridgehead atoms. The Balaban J connectivity index is 1.39. The quantitative estimate of drug-likeness (QED) is 0.605. The summed E-state index contributed by atoms with van der Waals surface area (Å²) in [5.74, 6) is 1.24. The zero-order chi connectivity index (χ0) is 20.9. The van der Waals surface area contributed by atoms with Crippen LogP contribution in [0.2, 0.25) is 0 Å². The molecule has 0 radical (unpaired) electrons. The standard InChI is InChI=1S/C23H25FN4OS/c1-16(29)28-12-3-4-17(11-13-28)14-20-5-2-6-22(26-20)27-23-25-15-21(30-23)18-7-9-19(24)10-8-18/h2,5-10,15,17H,3-4,11-14H2,1H3,(H,25,26,27)/t17-/m0/s1. The van der Waals surface area contributed by atoms with Gasteiger partial charge in [-0.2, -0.15) is 0 Å². The molecule has 4 rings (SSSR count). The fourth-order valence-corrected chi connectivity index (χ4v) is 4.66. The van der Waals surface area contributed by atoms with E-state index in [1.54, 1.807) is 25.3 Å². The highest BCUT2D eigenvalue weighted by molar-refractivity contribution is 7.18. The number of carbonyl (C=O) groups is 1. The summed E-state index contributed by atoms with van der Waals surface area (Å²) in [6, 6.07) is 12.4. The number of nitrogens with zero attached hydrogens (tertiary/aromatic N) is 3. The number of thiazole rings is 1. The molecule has 1 N–H and O–H groups in total. The summed E-state index contributed by atoms with van der Waals surface area (Å²) >= 11 is 1.51. The lowest BCUT2D eigenvalue weighted by Gasteiger charge is -2.18. The second-order valence-electron chi connectivity index (χ2n) is 7.68. The average molecular weight is 425 g/mol. The number of likely N-dealkylation sites (tertiary alicyclic amines) is 1. The third-order valence-electron chi connectivity index (χ3n) is 5.47. The van der Waals surface area contributed by atoms with Crippen LogP contribution in [0.25, 0.3) is 10.4 Å². The number of halogens is 1. The Hall–Kier alpha value is -2.80. The highest BCUT2D eigenvalue weighted by Gasteiger charge is 2.19. The fourth-order valence-electron chi connectivity index (χ4n) is 3.83. The second kappa shape index (κ2) is 9.34. The normalized spacial score (nSPS) is 16.9. The van der Waals surface area contributed by atoms with Crippen LogP contribution in [0.1, 0.15) is 31.9 Å². The number of benzene rings is 1. The van der Waals surface area contributed by atoms with Gasteiger partial charge in [-0.15, -0.1) is 0 Å². The first-order chi connectivity index (χ1) is 14.6. The number of anilines is 2. The first-order valence-electron chi connectivity index (χ1n) is 10.3. The fraction of sp³-hybridized carbons (Fsp3) is 0.348. The first-order valence-corrected chi connectivity index (χ1v) is 11.1. The summed E-state index contributed by atoms with van der Waals surface area (Å²) in [5.41, 5.74) is 1.99. The average Bonchev–Trinajstić information content (AvgIpc) is 3.06. The topological polar surface area (TPSA) is 58.1 Å². The van der Waals surface area contributed by atoms with Crippen molar-refractivity contribution >= 4 is 28.2 Å². The smallest absolute Gasteiger partial charge is 0.219 e. The Kier molecular flexibility index (Phi) is 6.38. The van der Waals surface area contributed by atoms with E-state index in [2.05, 4.69) is 16.4 Å². The van der Waals surface area contributed by atoms with Gasteiger partial charge in [-0.3, -0.25) is 4.79 Å².